The first kappa shape index (κ1) is 19.5. The van der Waals surface area contributed by atoms with E-state index in [1.54, 1.807) is 30.5 Å². The molecule has 26 heavy (non-hydrogen) atoms. The van der Waals surface area contributed by atoms with Crippen LogP contribution >= 0.6 is 0 Å². The standard InChI is InChI=1S/C19H25N3O4/c1-3-22(4-2)16(17-6-5-11-25-17)12-21-18(23)13-26-15-9-7-14(8-10-15)19(20)24/h5-11,16H,3-4,12-13H2,1-2H3,(H2,20,24)(H,21,23). The highest BCUT2D eigenvalue weighted by Gasteiger charge is 2.21. The van der Waals surface area contributed by atoms with Gasteiger partial charge < -0.3 is 20.2 Å². The van der Waals surface area contributed by atoms with Gasteiger partial charge in [-0.25, -0.2) is 0 Å². The monoisotopic (exact) mass is 359 g/mol. The first-order valence-electron chi connectivity index (χ1n) is 8.62. The molecule has 7 nitrogen and oxygen atoms in total. The average Bonchev–Trinajstić information content (AvgIpc) is 3.18. The van der Waals surface area contributed by atoms with Gasteiger partial charge in [0.05, 0.1) is 12.3 Å². The summed E-state index contributed by atoms with van der Waals surface area (Å²) in [4.78, 5) is 25.4. The van der Waals surface area contributed by atoms with E-state index in [0.29, 0.717) is 17.9 Å². The van der Waals surface area contributed by atoms with Gasteiger partial charge in [-0.15, -0.1) is 0 Å². The van der Waals surface area contributed by atoms with Gasteiger partial charge in [0.15, 0.2) is 6.61 Å². The molecule has 7 heteroatoms. The number of benzene rings is 1. The Balaban J connectivity index is 1.86. The van der Waals surface area contributed by atoms with E-state index in [1.165, 1.54) is 0 Å². The van der Waals surface area contributed by atoms with Crippen LogP contribution in [-0.4, -0.2) is 43.0 Å². The molecule has 2 rings (SSSR count). The van der Waals surface area contributed by atoms with Gasteiger partial charge in [-0.1, -0.05) is 13.8 Å². The summed E-state index contributed by atoms with van der Waals surface area (Å²) in [6.45, 7) is 6.15. The van der Waals surface area contributed by atoms with E-state index < -0.39 is 5.91 Å². The largest absolute Gasteiger partial charge is 0.484 e. The molecule has 1 atom stereocenters. The lowest BCUT2D eigenvalue weighted by molar-refractivity contribution is -0.123. The van der Waals surface area contributed by atoms with Crippen LogP contribution in [0, 0.1) is 0 Å². The average molecular weight is 359 g/mol. The zero-order valence-corrected chi connectivity index (χ0v) is 15.1. The summed E-state index contributed by atoms with van der Waals surface area (Å²) in [5.41, 5.74) is 5.58. The van der Waals surface area contributed by atoms with Crippen LogP contribution in [0.4, 0.5) is 0 Å². The highest BCUT2D eigenvalue weighted by Crippen LogP contribution is 2.20. The Bertz CT molecular complexity index is 694. The first-order valence-corrected chi connectivity index (χ1v) is 8.62. The fourth-order valence-corrected chi connectivity index (χ4v) is 2.68. The zero-order chi connectivity index (χ0) is 18.9. The topological polar surface area (TPSA) is 97.8 Å². The molecule has 3 N–H and O–H groups in total. The quantitative estimate of drug-likeness (QED) is 0.676. The molecule has 0 aliphatic rings. The smallest absolute Gasteiger partial charge is 0.258 e. The molecule has 1 unspecified atom stereocenters. The van der Waals surface area contributed by atoms with Crippen molar-refractivity contribution in [2.45, 2.75) is 19.9 Å². The third-order valence-corrected chi connectivity index (χ3v) is 4.13. The molecule has 0 fully saturated rings. The zero-order valence-electron chi connectivity index (χ0n) is 15.1. The van der Waals surface area contributed by atoms with Gasteiger partial charge in [0.25, 0.3) is 5.91 Å². The van der Waals surface area contributed by atoms with Gasteiger partial charge in [0, 0.05) is 12.1 Å². The van der Waals surface area contributed by atoms with E-state index in [9.17, 15) is 9.59 Å². The van der Waals surface area contributed by atoms with Crippen molar-refractivity contribution >= 4 is 11.8 Å². The van der Waals surface area contributed by atoms with E-state index >= 15 is 0 Å². The van der Waals surface area contributed by atoms with Crippen LogP contribution in [0.25, 0.3) is 0 Å². The Hall–Kier alpha value is -2.80. The normalized spacial score (nSPS) is 12.0. The summed E-state index contributed by atoms with van der Waals surface area (Å²) < 4.78 is 10.9. The summed E-state index contributed by atoms with van der Waals surface area (Å²) in [5.74, 6) is 0.579. The van der Waals surface area contributed by atoms with Crippen LogP contribution < -0.4 is 15.8 Å². The molecular formula is C19H25N3O4. The molecule has 0 bridgehead atoms. The molecule has 0 aliphatic heterocycles. The second-order valence-electron chi connectivity index (χ2n) is 5.73. The minimum absolute atomic E-state index is 0.0289. The van der Waals surface area contributed by atoms with Crippen LogP contribution in [0.2, 0.25) is 0 Å². The summed E-state index contributed by atoms with van der Waals surface area (Å²) in [5, 5.41) is 2.88. The highest BCUT2D eigenvalue weighted by molar-refractivity contribution is 5.92. The van der Waals surface area contributed by atoms with E-state index in [2.05, 4.69) is 24.1 Å². The van der Waals surface area contributed by atoms with Crippen molar-refractivity contribution in [3.05, 3.63) is 54.0 Å². The molecule has 0 spiro atoms. The van der Waals surface area contributed by atoms with Crippen molar-refractivity contribution in [2.24, 2.45) is 5.73 Å². The highest BCUT2D eigenvalue weighted by atomic mass is 16.5. The number of ether oxygens (including phenoxy) is 1. The number of rotatable bonds is 10. The molecule has 1 aromatic carbocycles. The lowest BCUT2D eigenvalue weighted by Gasteiger charge is -2.28. The Morgan fingerprint density at radius 2 is 1.88 bits per heavy atom. The second-order valence-corrected chi connectivity index (χ2v) is 5.73. The van der Waals surface area contributed by atoms with E-state index in [-0.39, 0.29) is 18.6 Å². The molecule has 0 radical (unpaired) electrons. The van der Waals surface area contributed by atoms with Crippen molar-refractivity contribution < 1.29 is 18.7 Å². The number of amides is 2. The van der Waals surface area contributed by atoms with Crippen LogP contribution in [0.1, 0.15) is 36.0 Å². The number of nitrogens with two attached hydrogens (primary N) is 1. The molecular weight excluding hydrogens is 334 g/mol. The fraction of sp³-hybridized carbons (Fsp3) is 0.368. The maximum absolute atomic E-state index is 12.1. The maximum Gasteiger partial charge on any atom is 0.258 e. The minimum atomic E-state index is -0.505. The number of hydrogen-bond donors (Lipinski definition) is 2. The number of primary amides is 1. The molecule has 2 aromatic rings. The molecule has 0 aliphatic carbocycles. The minimum Gasteiger partial charge on any atom is -0.484 e. The van der Waals surface area contributed by atoms with E-state index in [1.807, 2.05) is 12.1 Å². The second kappa shape index (κ2) is 9.62. The molecule has 2 amide bonds. The predicted octanol–water partition coefficient (Wildman–Crippen LogP) is 1.96. The summed E-state index contributed by atoms with van der Waals surface area (Å²) >= 11 is 0. The molecule has 1 aromatic heterocycles. The summed E-state index contributed by atoms with van der Waals surface area (Å²) in [6.07, 6.45) is 1.63. The van der Waals surface area contributed by atoms with Gasteiger partial charge in [-0.05, 0) is 49.5 Å². The van der Waals surface area contributed by atoms with Crippen molar-refractivity contribution in [1.29, 1.82) is 0 Å². The van der Waals surface area contributed by atoms with E-state index in [4.69, 9.17) is 14.9 Å². The van der Waals surface area contributed by atoms with Crippen molar-refractivity contribution in [2.75, 3.05) is 26.2 Å². The van der Waals surface area contributed by atoms with Crippen molar-refractivity contribution in [3.8, 4) is 5.75 Å². The van der Waals surface area contributed by atoms with Gasteiger partial charge in [-0.3, -0.25) is 14.5 Å². The molecule has 140 valence electrons. The maximum atomic E-state index is 12.1. The Labute approximate surface area is 153 Å². The Morgan fingerprint density at radius 1 is 1.19 bits per heavy atom. The number of nitrogens with one attached hydrogen (secondary N) is 1. The number of furan rings is 1. The van der Waals surface area contributed by atoms with Crippen LogP contribution in [0.5, 0.6) is 5.75 Å². The van der Waals surface area contributed by atoms with Crippen molar-refractivity contribution in [1.82, 2.24) is 10.2 Å². The third kappa shape index (κ3) is 5.35. The molecule has 0 saturated carbocycles. The number of hydrogen-bond acceptors (Lipinski definition) is 5. The lowest BCUT2D eigenvalue weighted by Crippen LogP contribution is -2.39. The van der Waals surface area contributed by atoms with Gasteiger partial charge in [-0.2, -0.15) is 0 Å². The molecule has 1 heterocycles. The number of carbonyl (C=O) groups is 2. The van der Waals surface area contributed by atoms with Crippen molar-refractivity contribution in [3.63, 3.8) is 0 Å². The fourth-order valence-electron chi connectivity index (χ4n) is 2.68. The Kier molecular flexibility index (Phi) is 7.23. The van der Waals surface area contributed by atoms with Gasteiger partial charge in [0.2, 0.25) is 5.91 Å². The number of likely N-dealkylation sites (N-methyl/N-ethyl adjacent to an activating group) is 1. The van der Waals surface area contributed by atoms with Crippen LogP contribution in [-0.2, 0) is 4.79 Å². The third-order valence-electron chi connectivity index (χ3n) is 4.13. The first-order chi connectivity index (χ1) is 12.5. The Morgan fingerprint density at radius 3 is 2.42 bits per heavy atom. The predicted molar refractivity (Wildman–Crippen MR) is 97.8 cm³/mol. The van der Waals surface area contributed by atoms with E-state index in [0.717, 1.165) is 18.8 Å². The van der Waals surface area contributed by atoms with Gasteiger partial charge in [0.1, 0.15) is 11.5 Å². The summed E-state index contributed by atoms with van der Waals surface area (Å²) in [6, 6.07) is 10.0. The number of carbonyl (C=O) groups excluding carboxylic acids is 2. The van der Waals surface area contributed by atoms with Crippen LogP contribution in [0.3, 0.4) is 0 Å². The lowest BCUT2D eigenvalue weighted by atomic mass is 10.2. The van der Waals surface area contributed by atoms with Gasteiger partial charge >= 0.3 is 0 Å². The van der Waals surface area contributed by atoms with Crippen LogP contribution in [0.15, 0.2) is 47.1 Å². The SMILES string of the molecule is CCN(CC)C(CNC(=O)COc1ccc(C(N)=O)cc1)c1ccco1. The molecule has 0 saturated heterocycles. The summed E-state index contributed by atoms with van der Waals surface area (Å²) in [7, 11) is 0. The number of nitrogens with zero attached hydrogens (tertiary/aromatic N) is 1.